The molecule has 2 rings (SSSR count). The van der Waals surface area contributed by atoms with Crippen molar-refractivity contribution in [1.29, 1.82) is 0 Å². The number of carbonyl (C=O) groups excluding carboxylic acids is 2. The fourth-order valence-corrected chi connectivity index (χ4v) is 1.63. The van der Waals surface area contributed by atoms with Crippen LogP contribution in [-0.4, -0.2) is 17.0 Å². The summed E-state index contributed by atoms with van der Waals surface area (Å²) < 4.78 is 4.44. The van der Waals surface area contributed by atoms with Crippen LogP contribution in [0.5, 0.6) is 5.75 Å². The lowest BCUT2D eigenvalue weighted by molar-refractivity contribution is 0.0443. The van der Waals surface area contributed by atoms with E-state index in [1.54, 1.807) is 6.07 Å². The number of phenolic OH excluding ortho intramolecular Hbond substituents is 1. The molecular weight excluding hydrogens is 208 g/mol. The second-order valence-electron chi connectivity index (χ2n) is 4.84. The van der Waals surface area contributed by atoms with Crippen molar-refractivity contribution in [2.45, 2.75) is 26.2 Å². The summed E-state index contributed by atoms with van der Waals surface area (Å²) in [6, 6.07) is 3.10. The number of phenols is 1. The minimum Gasteiger partial charge on any atom is -0.507 e. The van der Waals surface area contributed by atoms with Gasteiger partial charge in [-0.15, -0.1) is 0 Å². The highest BCUT2D eigenvalue weighted by molar-refractivity contribution is 6.16. The zero-order valence-corrected chi connectivity index (χ0v) is 9.33. The van der Waals surface area contributed by atoms with Crippen molar-refractivity contribution in [3.8, 4) is 5.75 Å². The van der Waals surface area contributed by atoms with Crippen molar-refractivity contribution in [3.63, 3.8) is 0 Å². The van der Waals surface area contributed by atoms with Crippen molar-refractivity contribution < 1.29 is 19.4 Å². The van der Waals surface area contributed by atoms with Crippen molar-refractivity contribution >= 4 is 11.9 Å². The number of carbonyl (C=O) groups is 2. The van der Waals surface area contributed by atoms with E-state index < -0.39 is 11.9 Å². The van der Waals surface area contributed by atoms with Gasteiger partial charge in [-0.1, -0.05) is 20.8 Å². The lowest BCUT2D eigenvalue weighted by Gasteiger charge is -2.19. The Hall–Kier alpha value is -1.84. The van der Waals surface area contributed by atoms with E-state index in [1.807, 2.05) is 20.8 Å². The summed E-state index contributed by atoms with van der Waals surface area (Å²) >= 11 is 0. The van der Waals surface area contributed by atoms with Gasteiger partial charge in [0, 0.05) is 0 Å². The summed E-state index contributed by atoms with van der Waals surface area (Å²) in [6.45, 7) is 5.86. The standard InChI is InChI=1S/C12H12O4/c1-12(2,3)6-4-7-9(8(13)5-6)11(15)16-10(7)14/h4-5,13H,1-3H3. The topological polar surface area (TPSA) is 63.6 Å². The molecule has 84 valence electrons. The zero-order chi connectivity index (χ0) is 12.1. The molecule has 0 radical (unpaired) electrons. The van der Waals surface area contributed by atoms with Gasteiger partial charge in [0.1, 0.15) is 11.3 Å². The first-order valence-electron chi connectivity index (χ1n) is 4.94. The Kier molecular flexibility index (Phi) is 2.05. The van der Waals surface area contributed by atoms with Crippen LogP contribution < -0.4 is 0 Å². The first kappa shape index (κ1) is 10.7. The minimum absolute atomic E-state index is 0.0296. The van der Waals surface area contributed by atoms with E-state index in [1.165, 1.54) is 6.07 Å². The van der Waals surface area contributed by atoms with Gasteiger partial charge in [-0.3, -0.25) is 0 Å². The Morgan fingerprint density at radius 1 is 1.12 bits per heavy atom. The number of cyclic esters (lactones) is 2. The fraction of sp³-hybridized carbons (Fsp3) is 0.333. The van der Waals surface area contributed by atoms with Gasteiger partial charge in [0.15, 0.2) is 0 Å². The van der Waals surface area contributed by atoms with Crippen LogP contribution in [0.1, 0.15) is 47.1 Å². The molecule has 16 heavy (non-hydrogen) atoms. The Balaban J connectivity index is 2.68. The van der Waals surface area contributed by atoms with Gasteiger partial charge < -0.3 is 9.84 Å². The molecule has 0 atom stereocenters. The minimum atomic E-state index is -0.780. The molecule has 1 aliphatic rings. The van der Waals surface area contributed by atoms with Crippen LogP contribution in [-0.2, 0) is 10.2 Å². The largest absolute Gasteiger partial charge is 0.507 e. The number of ether oxygens (including phenoxy) is 1. The molecule has 0 fully saturated rings. The molecule has 1 aromatic carbocycles. The smallest absolute Gasteiger partial charge is 0.350 e. The number of benzene rings is 1. The third-order valence-corrected chi connectivity index (χ3v) is 2.59. The van der Waals surface area contributed by atoms with Crippen molar-refractivity contribution in [1.82, 2.24) is 0 Å². The highest BCUT2D eigenvalue weighted by atomic mass is 16.6. The first-order valence-corrected chi connectivity index (χ1v) is 4.94. The molecule has 0 saturated heterocycles. The first-order chi connectivity index (χ1) is 7.30. The molecule has 0 amide bonds. The molecule has 0 aromatic heterocycles. The maximum atomic E-state index is 11.4. The number of esters is 2. The average Bonchev–Trinajstić information content (AvgIpc) is 2.41. The van der Waals surface area contributed by atoms with E-state index in [2.05, 4.69) is 4.74 Å². The number of hydrogen-bond acceptors (Lipinski definition) is 4. The number of fused-ring (bicyclic) bond motifs is 1. The molecule has 1 heterocycles. The molecule has 0 aliphatic carbocycles. The van der Waals surface area contributed by atoms with E-state index >= 15 is 0 Å². The Labute approximate surface area is 92.8 Å². The van der Waals surface area contributed by atoms with Gasteiger partial charge in [0.05, 0.1) is 5.56 Å². The van der Waals surface area contributed by atoms with Gasteiger partial charge in [0.2, 0.25) is 0 Å². The predicted octanol–water partition coefficient (Wildman–Crippen LogP) is 2.00. The van der Waals surface area contributed by atoms with E-state index in [-0.39, 0.29) is 22.3 Å². The third-order valence-electron chi connectivity index (χ3n) is 2.59. The molecule has 0 saturated carbocycles. The monoisotopic (exact) mass is 220 g/mol. The molecule has 0 bridgehead atoms. The lowest BCUT2D eigenvalue weighted by atomic mass is 9.85. The van der Waals surface area contributed by atoms with Crippen LogP contribution in [0.15, 0.2) is 12.1 Å². The van der Waals surface area contributed by atoms with Crippen LogP contribution in [0.2, 0.25) is 0 Å². The second-order valence-corrected chi connectivity index (χ2v) is 4.84. The Morgan fingerprint density at radius 3 is 2.31 bits per heavy atom. The lowest BCUT2D eigenvalue weighted by Crippen LogP contribution is -2.12. The van der Waals surface area contributed by atoms with Gasteiger partial charge in [-0.05, 0) is 23.1 Å². The highest BCUT2D eigenvalue weighted by Crippen LogP contribution is 2.34. The summed E-state index contributed by atoms with van der Waals surface area (Å²) in [4.78, 5) is 22.6. The number of hydrogen-bond donors (Lipinski definition) is 1. The number of rotatable bonds is 0. The van der Waals surface area contributed by atoms with Crippen molar-refractivity contribution in [2.24, 2.45) is 0 Å². The van der Waals surface area contributed by atoms with Crippen molar-refractivity contribution in [3.05, 3.63) is 28.8 Å². The van der Waals surface area contributed by atoms with Gasteiger partial charge in [-0.25, -0.2) is 9.59 Å². The van der Waals surface area contributed by atoms with Crippen LogP contribution in [0, 0.1) is 0 Å². The zero-order valence-electron chi connectivity index (χ0n) is 9.33. The molecule has 4 nitrogen and oxygen atoms in total. The maximum absolute atomic E-state index is 11.4. The average molecular weight is 220 g/mol. The molecule has 1 aromatic rings. The third kappa shape index (κ3) is 1.46. The van der Waals surface area contributed by atoms with Gasteiger partial charge in [0.25, 0.3) is 0 Å². The van der Waals surface area contributed by atoms with Gasteiger partial charge >= 0.3 is 11.9 Å². The molecule has 0 spiro atoms. The SMILES string of the molecule is CC(C)(C)c1cc(O)c2c(c1)C(=O)OC2=O. The number of aromatic hydroxyl groups is 1. The van der Waals surface area contributed by atoms with E-state index in [0.29, 0.717) is 0 Å². The van der Waals surface area contributed by atoms with Crippen LogP contribution in [0.3, 0.4) is 0 Å². The summed E-state index contributed by atoms with van der Waals surface area (Å²) in [7, 11) is 0. The summed E-state index contributed by atoms with van der Waals surface area (Å²) in [5.41, 5.74) is 0.696. The maximum Gasteiger partial charge on any atom is 0.350 e. The van der Waals surface area contributed by atoms with Crippen LogP contribution in [0.4, 0.5) is 0 Å². The van der Waals surface area contributed by atoms with Crippen LogP contribution in [0.25, 0.3) is 0 Å². The predicted molar refractivity (Wildman–Crippen MR) is 56.6 cm³/mol. The Bertz CT molecular complexity index is 494. The second kappa shape index (κ2) is 3.07. The Morgan fingerprint density at radius 2 is 1.75 bits per heavy atom. The highest BCUT2D eigenvalue weighted by Gasteiger charge is 2.34. The molecule has 1 aliphatic heterocycles. The fourth-order valence-electron chi connectivity index (χ4n) is 1.63. The summed E-state index contributed by atoms with van der Waals surface area (Å²) in [6.07, 6.45) is 0. The quantitative estimate of drug-likeness (QED) is 0.536. The van der Waals surface area contributed by atoms with Crippen LogP contribution >= 0.6 is 0 Å². The summed E-state index contributed by atoms with van der Waals surface area (Å²) in [5.74, 6) is -1.67. The van der Waals surface area contributed by atoms with E-state index in [4.69, 9.17) is 0 Å². The normalized spacial score (nSPS) is 14.9. The van der Waals surface area contributed by atoms with Crippen molar-refractivity contribution in [2.75, 3.05) is 0 Å². The molecule has 1 N–H and O–H groups in total. The summed E-state index contributed by atoms with van der Waals surface area (Å²) in [5, 5.41) is 9.71. The molecular formula is C12H12O4. The molecule has 4 heteroatoms. The van der Waals surface area contributed by atoms with Gasteiger partial charge in [-0.2, -0.15) is 0 Å². The van der Waals surface area contributed by atoms with E-state index in [9.17, 15) is 14.7 Å². The molecule has 0 unspecified atom stereocenters. The van der Waals surface area contributed by atoms with E-state index in [0.717, 1.165) is 5.56 Å².